The first kappa shape index (κ1) is 13.5. The van der Waals surface area contributed by atoms with Gasteiger partial charge in [-0.1, -0.05) is 26.0 Å². The summed E-state index contributed by atoms with van der Waals surface area (Å²) in [5.74, 6) is 2.39. The second-order valence-electron chi connectivity index (χ2n) is 6.77. The lowest BCUT2D eigenvalue weighted by Gasteiger charge is -2.16. The Balaban J connectivity index is 2.19. The topological polar surface area (TPSA) is 48.4 Å². The highest BCUT2D eigenvalue weighted by atomic mass is 16.5. The SMILES string of the molecule is CC(C)Cc1c(CN)oc2c3c(ccc12)CC(C)(C)O3. The fourth-order valence-electron chi connectivity index (χ4n) is 3.10. The summed E-state index contributed by atoms with van der Waals surface area (Å²) in [6.45, 7) is 9.09. The average molecular weight is 273 g/mol. The highest BCUT2D eigenvalue weighted by molar-refractivity contribution is 5.89. The number of benzene rings is 1. The summed E-state index contributed by atoms with van der Waals surface area (Å²) in [4.78, 5) is 0. The molecule has 0 aliphatic carbocycles. The Morgan fingerprint density at radius 2 is 2.05 bits per heavy atom. The zero-order chi connectivity index (χ0) is 14.5. The predicted molar refractivity (Wildman–Crippen MR) is 81.1 cm³/mol. The quantitative estimate of drug-likeness (QED) is 0.925. The van der Waals surface area contributed by atoms with Gasteiger partial charge in [0.1, 0.15) is 11.4 Å². The van der Waals surface area contributed by atoms with E-state index in [1.807, 2.05) is 0 Å². The summed E-state index contributed by atoms with van der Waals surface area (Å²) in [5, 5.41) is 1.16. The number of fused-ring (bicyclic) bond motifs is 3. The van der Waals surface area contributed by atoms with Gasteiger partial charge in [-0.2, -0.15) is 0 Å². The Labute approximate surface area is 120 Å². The van der Waals surface area contributed by atoms with Gasteiger partial charge in [0.05, 0.1) is 6.54 Å². The molecule has 0 unspecified atom stereocenters. The second kappa shape index (κ2) is 4.52. The Morgan fingerprint density at radius 3 is 2.70 bits per heavy atom. The van der Waals surface area contributed by atoms with Gasteiger partial charge >= 0.3 is 0 Å². The molecule has 20 heavy (non-hydrogen) atoms. The van der Waals surface area contributed by atoms with E-state index in [2.05, 4.69) is 39.8 Å². The lowest BCUT2D eigenvalue weighted by atomic mass is 9.97. The van der Waals surface area contributed by atoms with Gasteiger partial charge in [0.2, 0.25) is 0 Å². The van der Waals surface area contributed by atoms with E-state index in [1.165, 1.54) is 11.1 Å². The first-order valence-corrected chi connectivity index (χ1v) is 7.36. The summed E-state index contributed by atoms with van der Waals surface area (Å²) >= 11 is 0. The smallest absolute Gasteiger partial charge is 0.176 e. The molecule has 3 rings (SSSR count). The third-order valence-electron chi connectivity index (χ3n) is 3.87. The van der Waals surface area contributed by atoms with E-state index in [1.54, 1.807) is 0 Å². The van der Waals surface area contributed by atoms with Gasteiger partial charge in [-0.25, -0.2) is 0 Å². The molecule has 1 aliphatic heterocycles. The van der Waals surface area contributed by atoms with Crippen LogP contribution in [0.5, 0.6) is 5.75 Å². The molecule has 0 radical (unpaired) electrons. The van der Waals surface area contributed by atoms with Crippen molar-refractivity contribution in [3.63, 3.8) is 0 Å². The van der Waals surface area contributed by atoms with Crippen LogP contribution in [0.3, 0.4) is 0 Å². The minimum atomic E-state index is -0.148. The van der Waals surface area contributed by atoms with Crippen LogP contribution in [0, 0.1) is 5.92 Å². The molecule has 1 aromatic heterocycles. The van der Waals surface area contributed by atoms with E-state index in [0.29, 0.717) is 12.5 Å². The molecule has 0 atom stereocenters. The Kier molecular flexibility index (Phi) is 3.05. The molecule has 0 saturated carbocycles. The number of ether oxygens (including phenoxy) is 1. The second-order valence-corrected chi connectivity index (χ2v) is 6.77. The minimum absolute atomic E-state index is 0.148. The lowest BCUT2D eigenvalue weighted by Crippen LogP contribution is -2.24. The molecule has 1 aromatic carbocycles. The summed E-state index contributed by atoms with van der Waals surface area (Å²) in [5.41, 5.74) is 9.06. The molecule has 2 N–H and O–H groups in total. The lowest BCUT2D eigenvalue weighted by molar-refractivity contribution is 0.138. The number of nitrogens with two attached hydrogens (primary N) is 1. The van der Waals surface area contributed by atoms with E-state index in [-0.39, 0.29) is 5.60 Å². The molecule has 1 aliphatic rings. The summed E-state index contributed by atoms with van der Waals surface area (Å²) in [6.07, 6.45) is 1.91. The Morgan fingerprint density at radius 1 is 1.30 bits per heavy atom. The molecule has 2 heterocycles. The van der Waals surface area contributed by atoms with Crippen molar-refractivity contribution >= 4 is 11.0 Å². The highest BCUT2D eigenvalue weighted by Gasteiger charge is 2.33. The summed E-state index contributed by atoms with van der Waals surface area (Å²) in [6, 6.07) is 4.34. The van der Waals surface area contributed by atoms with Gasteiger partial charge in [0, 0.05) is 22.9 Å². The average Bonchev–Trinajstić information content (AvgIpc) is 2.84. The molecule has 0 amide bonds. The van der Waals surface area contributed by atoms with Crippen molar-refractivity contribution in [2.45, 2.75) is 52.7 Å². The molecule has 0 saturated heterocycles. The van der Waals surface area contributed by atoms with Crippen molar-refractivity contribution in [3.8, 4) is 5.75 Å². The summed E-state index contributed by atoms with van der Waals surface area (Å²) in [7, 11) is 0. The van der Waals surface area contributed by atoms with Gasteiger partial charge in [-0.3, -0.25) is 0 Å². The highest BCUT2D eigenvalue weighted by Crippen LogP contribution is 2.43. The fourth-order valence-corrected chi connectivity index (χ4v) is 3.10. The third-order valence-corrected chi connectivity index (χ3v) is 3.87. The van der Waals surface area contributed by atoms with Crippen LogP contribution in [0.1, 0.15) is 44.6 Å². The first-order chi connectivity index (χ1) is 9.41. The van der Waals surface area contributed by atoms with E-state index in [4.69, 9.17) is 14.9 Å². The van der Waals surface area contributed by atoms with Crippen LogP contribution in [0.15, 0.2) is 16.5 Å². The van der Waals surface area contributed by atoms with E-state index >= 15 is 0 Å². The number of hydrogen-bond donors (Lipinski definition) is 1. The number of rotatable bonds is 3. The maximum Gasteiger partial charge on any atom is 0.176 e. The molecule has 108 valence electrons. The largest absolute Gasteiger partial charge is 0.483 e. The fraction of sp³-hybridized carbons (Fsp3) is 0.529. The monoisotopic (exact) mass is 273 g/mol. The van der Waals surface area contributed by atoms with Crippen LogP contribution >= 0.6 is 0 Å². The first-order valence-electron chi connectivity index (χ1n) is 7.36. The Bertz CT molecular complexity index is 653. The number of hydrogen-bond acceptors (Lipinski definition) is 3. The molecule has 3 heteroatoms. The van der Waals surface area contributed by atoms with E-state index < -0.39 is 0 Å². The summed E-state index contributed by atoms with van der Waals surface area (Å²) < 4.78 is 12.1. The van der Waals surface area contributed by atoms with Crippen LogP contribution in [0.25, 0.3) is 11.0 Å². The van der Waals surface area contributed by atoms with Gasteiger partial charge in [-0.05, 0) is 26.2 Å². The normalized spacial score (nSPS) is 16.7. The van der Waals surface area contributed by atoms with Crippen molar-refractivity contribution in [1.29, 1.82) is 0 Å². The molecule has 0 fully saturated rings. The molecule has 3 nitrogen and oxygen atoms in total. The van der Waals surface area contributed by atoms with Gasteiger partial charge in [0.25, 0.3) is 0 Å². The number of furan rings is 1. The van der Waals surface area contributed by atoms with Crippen LogP contribution in [-0.4, -0.2) is 5.60 Å². The predicted octanol–water partition coefficient (Wildman–Crippen LogP) is 3.80. The van der Waals surface area contributed by atoms with Crippen LogP contribution in [0.4, 0.5) is 0 Å². The zero-order valence-electron chi connectivity index (χ0n) is 12.7. The van der Waals surface area contributed by atoms with Gasteiger partial charge in [-0.15, -0.1) is 0 Å². The maximum atomic E-state index is 6.09. The van der Waals surface area contributed by atoms with Crippen LogP contribution < -0.4 is 10.5 Å². The van der Waals surface area contributed by atoms with Crippen molar-refractivity contribution in [2.24, 2.45) is 11.7 Å². The third kappa shape index (κ3) is 2.10. The van der Waals surface area contributed by atoms with Crippen molar-refractivity contribution in [2.75, 3.05) is 0 Å². The molecular formula is C17H23NO2. The maximum absolute atomic E-state index is 6.09. The molecule has 0 bridgehead atoms. The van der Waals surface area contributed by atoms with Gasteiger partial charge in [0.15, 0.2) is 11.3 Å². The zero-order valence-corrected chi connectivity index (χ0v) is 12.7. The van der Waals surface area contributed by atoms with E-state index in [9.17, 15) is 0 Å². The molecule has 0 spiro atoms. The minimum Gasteiger partial charge on any atom is -0.483 e. The van der Waals surface area contributed by atoms with E-state index in [0.717, 1.165) is 35.3 Å². The Hall–Kier alpha value is -1.48. The molecule has 2 aromatic rings. The molecular weight excluding hydrogens is 250 g/mol. The standard InChI is InChI=1S/C17H23NO2/c1-10(2)7-13-12-6-5-11-8-17(3,4)20-15(11)16(12)19-14(13)9-18/h5-6,10H,7-9,18H2,1-4H3. The van der Waals surface area contributed by atoms with Crippen molar-refractivity contribution in [3.05, 3.63) is 29.0 Å². The van der Waals surface area contributed by atoms with Crippen molar-refractivity contribution < 1.29 is 9.15 Å². The van der Waals surface area contributed by atoms with Crippen LogP contribution in [-0.2, 0) is 19.4 Å². The van der Waals surface area contributed by atoms with Gasteiger partial charge < -0.3 is 14.9 Å². The van der Waals surface area contributed by atoms with Crippen LogP contribution in [0.2, 0.25) is 0 Å². The van der Waals surface area contributed by atoms with Crippen molar-refractivity contribution in [1.82, 2.24) is 0 Å².